The Labute approximate surface area is 233 Å². The van der Waals surface area contributed by atoms with Gasteiger partial charge in [-0.1, -0.05) is 43.0 Å². The van der Waals surface area contributed by atoms with Crippen molar-refractivity contribution in [1.29, 1.82) is 0 Å². The molecule has 8 nitrogen and oxygen atoms in total. The third-order valence-corrected chi connectivity index (χ3v) is 6.03. The molecular formula is C32H30N2O6. The zero-order valence-electron chi connectivity index (χ0n) is 22.6. The average Bonchev–Trinajstić information content (AvgIpc) is 2.98. The fourth-order valence-electron chi connectivity index (χ4n) is 3.82. The zero-order valence-corrected chi connectivity index (χ0v) is 22.6. The summed E-state index contributed by atoms with van der Waals surface area (Å²) in [5.41, 5.74) is 4.92. The fraction of sp³-hybridized carbons (Fsp3) is 0.188. The highest BCUT2D eigenvalue weighted by Crippen LogP contribution is 2.27. The van der Waals surface area contributed by atoms with Crippen molar-refractivity contribution < 1.29 is 28.5 Å². The molecule has 0 saturated carbocycles. The summed E-state index contributed by atoms with van der Waals surface area (Å²) in [4.78, 5) is 33.1. The van der Waals surface area contributed by atoms with Gasteiger partial charge in [-0.15, -0.1) is 0 Å². The van der Waals surface area contributed by atoms with Crippen molar-refractivity contribution in [3.8, 4) is 45.1 Å². The van der Waals surface area contributed by atoms with Crippen LogP contribution in [0.2, 0.25) is 0 Å². The van der Waals surface area contributed by atoms with Crippen molar-refractivity contribution >= 4 is 11.9 Å². The minimum atomic E-state index is -0.516. The molecule has 4 aromatic rings. The number of hydrogen-bond donors (Lipinski definition) is 0. The van der Waals surface area contributed by atoms with Crippen LogP contribution >= 0.6 is 0 Å². The van der Waals surface area contributed by atoms with E-state index in [9.17, 15) is 9.59 Å². The highest BCUT2D eigenvalue weighted by Gasteiger charge is 2.15. The van der Waals surface area contributed by atoms with Crippen molar-refractivity contribution in [3.63, 3.8) is 0 Å². The molecule has 0 aliphatic rings. The van der Waals surface area contributed by atoms with Crippen LogP contribution in [0.3, 0.4) is 0 Å². The second-order valence-corrected chi connectivity index (χ2v) is 9.13. The van der Waals surface area contributed by atoms with Gasteiger partial charge in [-0.3, -0.25) is 4.79 Å². The summed E-state index contributed by atoms with van der Waals surface area (Å²) in [6, 6.07) is 22.4. The number of methoxy groups -OCH3 is 2. The number of rotatable bonds is 11. The number of benzene rings is 3. The van der Waals surface area contributed by atoms with Gasteiger partial charge in [0.2, 0.25) is 0 Å². The van der Waals surface area contributed by atoms with Crippen LogP contribution in [0, 0.1) is 5.92 Å². The quantitative estimate of drug-likeness (QED) is 0.135. The van der Waals surface area contributed by atoms with Crippen LogP contribution in [-0.2, 0) is 19.1 Å². The maximum atomic E-state index is 12.1. The monoisotopic (exact) mass is 538 g/mol. The van der Waals surface area contributed by atoms with Crippen LogP contribution in [0.5, 0.6) is 11.5 Å². The second-order valence-electron chi connectivity index (χ2n) is 9.13. The fourth-order valence-corrected chi connectivity index (χ4v) is 3.82. The number of aromatic nitrogens is 2. The van der Waals surface area contributed by atoms with Crippen molar-refractivity contribution in [1.82, 2.24) is 9.97 Å². The second kappa shape index (κ2) is 13.4. The van der Waals surface area contributed by atoms with Gasteiger partial charge >= 0.3 is 11.9 Å². The van der Waals surface area contributed by atoms with Gasteiger partial charge < -0.3 is 18.9 Å². The maximum absolute atomic E-state index is 12.1. The standard InChI is InChI=1S/C32H30N2O6/c1-21(19-37-3)31(35)39-28-13-9-24(10-14-28)23-5-7-25(8-6-23)27-17-33-30(34-18-27)26-11-15-29(16-12-26)40-32(36)22(2)20-38-4/h5-18,22H,1,19-20H2,2-4H3. The van der Waals surface area contributed by atoms with E-state index in [-0.39, 0.29) is 24.1 Å². The van der Waals surface area contributed by atoms with Crippen LogP contribution in [0.25, 0.3) is 33.6 Å². The smallest absolute Gasteiger partial charge is 0.341 e. The van der Waals surface area contributed by atoms with E-state index in [0.29, 0.717) is 23.9 Å². The molecule has 8 heteroatoms. The van der Waals surface area contributed by atoms with E-state index in [1.165, 1.54) is 7.11 Å². The van der Waals surface area contributed by atoms with Crippen LogP contribution in [0.1, 0.15) is 6.92 Å². The summed E-state index contributed by atoms with van der Waals surface area (Å²) in [6.07, 6.45) is 3.55. The molecule has 4 rings (SSSR count). The maximum Gasteiger partial charge on any atom is 0.341 e. The van der Waals surface area contributed by atoms with E-state index < -0.39 is 5.97 Å². The lowest BCUT2D eigenvalue weighted by Gasteiger charge is -2.10. The van der Waals surface area contributed by atoms with Crippen LogP contribution < -0.4 is 9.47 Å². The molecule has 1 aromatic heterocycles. The minimum Gasteiger partial charge on any atom is -0.426 e. The predicted octanol–water partition coefficient (Wildman–Crippen LogP) is 5.77. The molecule has 0 aliphatic carbocycles. The molecule has 0 spiro atoms. The molecule has 0 amide bonds. The van der Waals surface area contributed by atoms with Gasteiger partial charge in [-0.05, 0) is 60.0 Å². The van der Waals surface area contributed by atoms with E-state index in [4.69, 9.17) is 18.9 Å². The lowest BCUT2D eigenvalue weighted by molar-refractivity contribution is -0.140. The Balaban J connectivity index is 1.38. The van der Waals surface area contributed by atoms with Gasteiger partial charge in [0.25, 0.3) is 0 Å². The highest BCUT2D eigenvalue weighted by atomic mass is 16.5. The number of hydrogen-bond acceptors (Lipinski definition) is 8. The number of nitrogens with zero attached hydrogens (tertiary/aromatic N) is 2. The molecule has 1 unspecified atom stereocenters. The van der Waals surface area contributed by atoms with Crippen LogP contribution in [0.4, 0.5) is 0 Å². The zero-order chi connectivity index (χ0) is 28.5. The number of carbonyl (C=O) groups excluding carboxylic acids is 2. The predicted molar refractivity (Wildman–Crippen MR) is 152 cm³/mol. The molecule has 0 saturated heterocycles. The minimum absolute atomic E-state index is 0.123. The Kier molecular flexibility index (Phi) is 9.51. The van der Waals surface area contributed by atoms with Crippen molar-refractivity contribution in [2.75, 3.05) is 27.4 Å². The molecule has 0 aliphatic heterocycles. The summed E-state index contributed by atoms with van der Waals surface area (Å²) < 4.78 is 20.6. The van der Waals surface area contributed by atoms with Crippen LogP contribution in [-0.4, -0.2) is 49.3 Å². The molecule has 0 N–H and O–H groups in total. The van der Waals surface area contributed by atoms with Crippen molar-refractivity contribution in [2.24, 2.45) is 5.92 Å². The van der Waals surface area contributed by atoms with E-state index >= 15 is 0 Å². The lowest BCUT2D eigenvalue weighted by atomic mass is 10.0. The van der Waals surface area contributed by atoms with Gasteiger partial charge in [0.15, 0.2) is 5.82 Å². The molecular weight excluding hydrogens is 508 g/mol. The summed E-state index contributed by atoms with van der Waals surface area (Å²) >= 11 is 0. The summed E-state index contributed by atoms with van der Waals surface area (Å²) in [6.45, 7) is 5.84. The molecule has 0 fully saturated rings. The first-order chi connectivity index (χ1) is 19.4. The Morgan fingerprint density at radius 2 is 1.18 bits per heavy atom. The molecule has 40 heavy (non-hydrogen) atoms. The molecule has 204 valence electrons. The average molecular weight is 539 g/mol. The number of esters is 2. The van der Waals surface area contributed by atoms with Gasteiger partial charge in [-0.25, -0.2) is 14.8 Å². The Bertz CT molecular complexity index is 1450. The molecule has 1 heterocycles. The van der Waals surface area contributed by atoms with E-state index in [1.54, 1.807) is 50.7 Å². The first-order valence-corrected chi connectivity index (χ1v) is 12.6. The highest BCUT2D eigenvalue weighted by molar-refractivity contribution is 5.89. The largest absolute Gasteiger partial charge is 0.426 e. The summed E-state index contributed by atoms with van der Waals surface area (Å²) in [7, 11) is 3.04. The number of carbonyl (C=O) groups is 2. The van der Waals surface area contributed by atoms with Gasteiger partial charge in [-0.2, -0.15) is 0 Å². The van der Waals surface area contributed by atoms with Crippen molar-refractivity contribution in [2.45, 2.75) is 6.92 Å². The van der Waals surface area contributed by atoms with E-state index in [2.05, 4.69) is 16.5 Å². The number of ether oxygens (including phenoxy) is 4. The molecule has 3 aromatic carbocycles. The van der Waals surface area contributed by atoms with Crippen molar-refractivity contribution in [3.05, 3.63) is 97.3 Å². The van der Waals surface area contributed by atoms with Gasteiger partial charge in [0.1, 0.15) is 11.5 Å². The third kappa shape index (κ3) is 7.25. The topological polar surface area (TPSA) is 96.8 Å². The van der Waals surface area contributed by atoms with Gasteiger partial charge in [0.05, 0.1) is 24.7 Å². The molecule has 0 radical (unpaired) electrons. The van der Waals surface area contributed by atoms with E-state index in [1.807, 2.05) is 48.5 Å². The third-order valence-electron chi connectivity index (χ3n) is 6.03. The lowest BCUT2D eigenvalue weighted by Crippen LogP contribution is -2.21. The summed E-state index contributed by atoms with van der Waals surface area (Å²) in [5, 5.41) is 0. The Morgan fingerprint density at radius 1 is 0.700 bits per heavy atom. The first-order valence-electron chi connectivity index (χ1n) is 12.6. The molecule has 0 bridgehead atoms. The van der Waals surface area contributed by atoms with E-state index in [0.717, 1.165) is 27.8 Å². The van der Waals surface area contributed by atoms with Crippen LogP contribution in [0.15, 0.2) is 97.3 Å². The normalized spacial score (nSPS) is 11.5. The Hall–Kier alpha value is -4.66. The molecule has 1 atom stereocenters. The SMILES string of the molecule is C=C(COC)C(=O)Oc1ccc(-c2ccc(-c3cnc(-c4ccc(OC(=O)C(C)COC)cc4)nc3)cc2)cc1. The summed E-state index contributed by atoms with van der Waals surface area (Å²) in [5.74, 6) is 0.253. The first kappa shape index (κ1) is 28.4. The Morgan fingerprint density at radius 3 is 1.70 bits per heavy atom. The van der Waals surface area contributed by atoms with Gasteiger partial charge in [0, 0.05) is 37.7 Å².